The number of benzene rings is 1. The molecule has 0 aromatic heterocycles. The topological polar surface area (TPSA) is 49.8 Å². The molecule has 0 heterocycles. The van der Waals surface area contributed by atoms with Crippen LogP contribution in [0.2, 0.25) is 0 Å². The molecule has 98 valence electrons. The molecule has 0 atom stereocenters. The van der Waals surface area contributed by atoms with E-state index in [1.807, 2.05) is 18.2 Å². The zero-order valence-electron chi connectivity index (χ0n) is 10.2. The highest BCUT2D eigenvalue weighted by molar-refractivity contribution is 9.10. The van der Waals surface area contributed by atoms with Crippen LogP contribution in [0.4, 0.5) is 0 Å². The average Bonchev–Trinajstić information content (AvgIpc) is 2.31. The molecular formula is C13H16BrNO3. The minimum Gasteiger partial charge on any atom is -0.497 e. The van der Waals surface area contributed by atoms with Crippen molar-refractivity contribution in [2.24, 2.45) is 0 Å². The van der Waals surface area contributed by atoms with Crippen LogP contribution in [0.5, 0.6) is 5.75 Å². The molecule has 18 heavy (non-hydrogen) atoms. The summed E-state index contributed by atoms with van der Waals surface area (Å²) < 4.78 is 6.09. The van der Waals surface area contributed by atoms with Crippen LogP contribution in [0, 0.1) is 0 Å². The first kappa shape index (κ1) is 14.7. The molecule has 0 bridgehead atoms. The SMILES string of the molecule is C=CCN(CC(=O)O)Cc1cc(OC)ccc1Br. The van der Waals surface area contributed by atoms with Gasteiger partial charge in [-0.3, -0.25) is 9.69 Å². The van der Waals surface area contributed by atoms with E-state index in [1.54, 1.807) is 18.1 Å². The van der Waals surface area contributed by atoms with E-state index in [0.717, 1.165) is 15.8 Å². The van der Waals surface area contributed by atoms with Crippen LogP contribution in [-0.4, -0.2) is 36.2 Å². The van der Waals surface area contributed by atoms with Gasteiger partial charge in [-0.1, -0.05) is 22.0 Å². The van der Waals surface area contributed by atoms with E-state index in [4.69, 9.17) is 9.84 Å². The van der Waals surface area contributed by atoms with E-state index in [1.165, 1.54) is 0 Å². The van der Waals surface area contributed by atoms with Gasteiger partial charge in [-0.05, 0) is 23.8 Å². The van der Waals surface area contributed by atoms with E-state index in [0.29, 0.717) is 13.1 Å². The fraction of sp³-hybridized carbons (Fsp3) is 0.308. The second-order valence-corrected chi connectivity index (χ2v) is 4.66. The summed E-state index contributed by atoms with van der Waals surface area (Å²) in [4.78, 5) is 12.6. The Morgan fingerprint density at radius 2 is 2.33 bits per heavy atom. The van der Waals surface area contributed by atoms with Gasteiger partial charge in [0.25, 0.3) is 0 Å². The maximum absolute atomic E-state index is 10.8. The van der Waals surface area contributed by atoms with Crippen molar-refractivity contribution >= 4 is 21.9 Å². The van der Waals surface area contributed by atoms with Gasteiger partial charge in [-0.25, -0.2) is 0 Å². The van der Waals surface area contributed by atoms with Gasteiger partial charge in [0.2, 0.25) is 0 Å². The molecule has 0 aliphatic heterocycles. The first-order valence-corrected chi connectivity index (χ1v) is 6.23. The summed E-state index contributed by atoms with van der Waals surface area (Å²) in [5, 5.41) is 8.85. The molecule has 5 heteroatoms. The second kappa shape index (κ2) is 7.18. The Bertz CT molecular complexity index is 434. The van der Waals surface area contributed by atoms with Crippen molar-refractivity contribution in [1.29, 1.82) is 0 Å². The van der Waals surface area contributed by atoms with Crippen LogP contribution in [0.25, 0.3) is 0 Å². The lowest BCUT2D eigenvalue weighted by Crippen LogP contribution is -2.29. The summed E-state index contributed by atoms with van der Waals surface area (Å²) >= 11 is 3.45. The summed E-state index contributed by atoms with van der Waals surface area (Å²) in [6.07, 6.45) is 1.69. The molecule has 0 aliphatic rings. The molecule has 0 saturated heterocycles. The monoisotopic (exact) mass is 313 g/mol. The molecule has 1 N–H and O–H groups in total. The number of aliphatic carboxylic acids is 1. The summed E-state index contributed by atoms with van der Waals surface area (Å²) in [5.41, 5.74) is 0.984. The fourth-order valence-electron chi connectivity index (χ4n) is 1.60. The Balaban J connectivity index is 2.84. The van der Waals surface area contributed by atoms with Gasteiger partial charge < -0.3 is 9.84 Å². The van der Waals surface area contributed by atoms with Crippen molar-refractivity contribution in [3.8, 4) is 5.75 Å². The van der Waals surface area contributed by atoms with Crippen molar-refractivity contribution in [2.45, 2.75) is 6.54 Å². The maximum atomic E-state index is 10.8. The van der Waals surface area contributed by atoms with E-state index in [2.05, 4.69) is 22.5 Å². The lowest BCUT2D eigenvalue weighted by Gasteiger charge is -2.19. The Labute approximate surface area is 115 Å². The number of ether oxygens (including phenoxy) is 1. The lowest BCUT2D eigenvalue weighted by molar-refractivity contribution is -0.138. The lowest BCUT2D eigenvalue weighted by atomic mass is 10.2. The largest absolute Gasteiger partial charge is 0.497 e. The molecule has 0 unspecified atom stereocenters. The van der Waals surface area contributed by atoms with E-state index < -0.39 is 5.97 Å². The summed E-state index contributed by atoms with van der Waals surface area (Å²) in [6, 6.07) is 5.63. The molecule has 4 nitrogen and oxygen atoms in total. The molecule has 0 saturated carbocycles. The van der Waals surface area contributed by atoms with Crippen LogP contribution >= 0.6 is 15.9 Å². The van der Waals surface area contributed by atoms with Crippen LogP contribution < -0.4 is 4.74 Å². The van der Waals surface area contributed by atoms with Crippen LogP contribution in [0.3, 0.4) is 0 Å². The van der Waals surface area contributed by atoms with Crippen molar-refractivity contribution in [3.63, 3.8) is 0 Å². The minimum absolute atomic E-state index is 0.0182. The average molecular weight is 314 g/mol. The van der Waals surface area contributed by atoms with Gasteiger partial charge in [-0.2, -0.15) is 0 Å². The Morgan fingerprint density at radius 1 is 1.61 bits per heavy atom. The molecule has 0 amide bonds. The first-order chi connectivity index (χ1) is 8.56. The Kier molecular flexibility index (Phi) is 5.88. The summed E-state index contributed by atoms with van der Waals surface area (Å²) in [6.45, 7) is 4.66. The molecule has 0 aliphatic carbocycles. The fourth-order valence-corrected chi connectivity index (χ4v) is 1.97. The number of hydrogen-bond donors (Lipinski definition) is 1. The van der Waals surface area contributed by atoms with Gasteiger partial charge in [0.15, 0.2) is 0 Å². The second-order valence-electron chi connectivity index (χ2n) is 3.81. The first-order valence-electron chi connectivity index (χ1n) is 5.44. The molecule has 1 aromatic rings. The summed E-state index contributed by atoms with van der Waals surface area (Å²) in [5.74, 6) is -0.0991. The molecule has 0 spiro atoms. The molecule has 0 fully saturated rings. The normalized spacial score (nSPS) is 10.4. The zero-order chi connectivity index (χ0) is 13.5. The highest BCUT2D eigenvalue weighted by Gasteiger charge is 2.11. The molecule has 1 aromatic carbocycles. The van der Waals surface area contributed by atoms with E-state index in [-0.39, 0.29) is 6.54 Å². The number of nitrogens with zero attached hydrogens (tertiary/aromatic N) is 1. The number of halogens is 1. The number of carboxylic acids is 1. The third-order valence-corrected chi connectivity index (χ3v) is 3.17. The van der Waals surface area contributed by atoms with Crippen molar-refractivity contribution in [2.75, 3.05) is 20.2 Å². The number of rotatable bonds is 7. The zero-order valence-corrected chi connectivity index (χ0v) is 11.8. The summed E-state index contributed by atoms with van der Waals surface area (Å²) in [7, 11) is 1.60. The van der Waals surface area contributed by atoms with Crippen molar-refractivity contribution in [1.82, 2.24) is 4.90 Å². The van der Waals surface area contributed by atoms with Crippen LogP contribution in [0.1, 0.15) is 5.56 Å². The van der Waals surface area contributed by atoms with Gasteiger partial charge in [-0.15, -0.1) is 6.58 Å². The predicted octanol–water partition coefficient (Wildman–Crippen LogP) is 2.53. The Hall–Kier alpha value is -1.33. The predicted molar refractivity (Wildman–Crippen MR) is 73.8 cm³/mol. The highest BCUT2D eigenvalue weighted by atomic mass is 79.9. The third-order valence-electron chi connectivity index (χ3n) is 2.39. The van der Waals surface area contributed by atoms with E-state index in [9.17, 15) is 4.79 Å². The van der Waals surface area contributed by atoms with Gasteiger partial charge in [0.1, 0.15) is 5.75 Å². The van der Waals surface area contributed by atoms with Crippen LogP contribution in [0.15, 0.2) is 35.3 Å². The van der Waals surface area contributed by atoms with E-state index >= 15 is 0 Å². The van der Waals surface area contributed by atoms with Crippen molar-refractivity contribution < 1.29 is 14.6 Å². The van der Waals surface area contributed by atoms with Gasteiger partial charge in [0.05, 0.1) is 13.7 Å². The highest BCUT2D eigenvalue weighted by Crippen LogP contribution is 2.23. The number of carbonyl (C=O) groups is 1. The van der Waals surface area contributed by atoms with Crippen LogP contribution in [-0.2, 0) is 11.3 Å². The maximum Gasteiger partial charge on any atom is 0.317 e. The third kappa shape index (κ3) is 4.50. The number of methoxy groups -OCH3 is 1. The smallest absolute Gasteiger partial charge is 0.317 e. The standard InChI is InChI=1S/C13H16BrNO3/c1-3-6-15(9-13(16)17)8-10-7-11(18-2)4-5-12(10)14/h3-5,7H,1,6,8-9H2,2H3,(H,16,17). The number of carboxylic acid groups (broad SMARTS) is 1. The number of hydrogen-bond acceptors (Lipinski definition) is 3. The van der Waals surface area contributed by atoms with Gasteiger partial charge in [0, 0.05) is 17.6 Å². The molecular weight excluding hydrogens is 298 g/mol. The molecule has 1 rings (SSSR count). The Morgan fingerprint density at radius 3 is 2.89 bits per heavy atom. The molecule has 0 radical (unpaired) electrons. The quantitative estimate of drug-likeness (QED) is 0.786. The van der Waals surface area contributed by atoms with Gasteiger partial charge >= 0.3 is 5.97 Å². The van der Waals surface area contributed by atoms with Crippen molar-refractivity contribution in [3.05, 3.63) is 40.9 Å². The minimum atomic E-state index is -0.851.